The van der Waals surface area contributed by atoms with Gasteiger partial charge in [0.2, 0.25) is 0 Å². The zero-order valence-corrected chi connectivity index (χ0v) is 21.6. The summed E-state index contributed by atoms with van der Waals surface area (Å²) in [6, 6.07) is 15.7. The second kappa shape index (κ2) is 9.76. The molecule has 2 heterocycles. The maximum atomic E-state index is 13.5. The Kier molecular flexibility index (Phi) is 6.49. The van der Waals surface area contributed by atoms with E-state index < -0.39 is 17.7 Å². The molecular weight excluding hydrogens is 516 g/mol. The summed E-state index contributed by atoms with van der Waals surface area (Å²) in [5.41, 5.74) is 1.32. The number of aromatic nitrogens is 1. The fourth-order valence-corrected chi connectivity index (χ4v) is 5.41. The Morgan fingerprint density at radius 1 is 0.946 bits per heavy atom. The van der Waals surface area contributed by atoms with Crippen LogP contribution in [-0.4, -0.2) is 43.1 Å². The predicted molar refractivity (Wildman–Crippen MR) is 142 cm³/mol. The number of fused-ring (bicyclic) bond motifs is 1. The first kappa shape index (κ1) is 24.6. The molecule has 0 spiro atoms. The third-order valence-corrected chi connectivity index (χ3v) is 7.35. The van der Waals surface area contributed by atoms with Crippen molar-refractivity contribution in [2.75, 3.05) is 26.2 Å². The van der Waals surface area contributed by atoms with E-state index >= 15 is 0 Å². The van der Waals surface area contributed by atoms with Crippen molar-refractivity contribution in [3.8, 4) is 17.2 Å². The van der Waals surface area contributed by atoms with Crippen molar-refractivity contribution in [3.63, 3.8) is 0 Å². The number of ketones is 1. The molecule has 1 saturated heterocycles. The van der Waals surface area contributed by atoms with Crippen molar-refractivity contribution in [1.29, 1.82) is 0 Å². The monoisotopic (exact) mass is 536 g/mol. The highest BCUT2D eigenvalue weighted by molar-refractivity contribution is 7.22. The molecule has 0 radical (unpaired) electrons. The van der Waals surface area contributed by atoms with Crippen molar-refractivity contribution in [2.24, 2.45) is 0 Å². The number of hydrogen-bond donors (Lipinski definition) is 1. The van der Waals surface area contributed by atoms with Crippen LogP contribution in [0.4, 0.5) is 5.13 Å². The quantitative estimate of drug-likeness (QED) is 0.194. The van der Waals surface area contributed by atoms with Crippen molar-refractivity contribution in [1.82, 2.24) is 4.98 Å². The first-order valence-corrected chi connectivity index (χ1v) is 12.3. The molecule has 10 heteroatoms. The Hall–Kier alpha value is -4.08. The van der Waals surface area contributed by atoms with Gasteiger partial charge in [0.15, 0.2) is 5.13 Å². The van der Waals surface area contributed by atoms with Gasteiger partial charge in [-0.15, -0.1) is 0 Å². The predicted octanol–water partition coefficient (Wildman–Crippen LogP) is 5.60. The van der Waals surface area contributed by atoms with E-state index in [4.69, 9.17) is 25.8 Å². The number of rotatable bonds is 6. The van der Waals surface area contributed by atoms with E-state index in [1.165, 1.54) is 30.5 Å². The molecule has 8 nitrogen and oxygen atoms in total. The fraction of sp³-hybridized carbons (Fsp3) is 0.148. The van der Waals surface area contributed by atoms with Crippen molar-refractivity contribution in [2.45, 2.75) is 6.04 Å². The summed E-state index contributed by atoms with van der Waals surface area (Å²) in [5.74, 6) is -0.478. The van der Waals surface area contributed by atoms with Crippen LogP contribution in [0.2, 0.25) is 5.02 Å². The second-order valence-electron chi connectivity index (χ2n) is 8.11. The maximum absolute atomic E-state index is 13.5. The molecule has 0 saturated carbocycles. The van der Waals surface area contributed by atoms with E-state index in [1.807, 2.05) is 6.07 Å². The summed E-state index contributed by atoms with van der Waals surface area (Å²) < 4.78 is 17.1. The molecule has 1 aliphatic rings. The van der Waals surface area contributed by atoms with Gasteiger partial charge in [0, 0.05) is 16.1 Å². The van der Waals surface area contributed by atoms with Gasteiger partial charge in [-0.3, -0.25) is 14.5 Å². The smallest absolute Gasteiger partial charge is 0.301 e. The summed E-state index contributed by atoms with van der Waals surface area (Å²) in [6.45, 7) is 0. The minimum absolute atomic E-state index is 0.101. The Morgan fingerprint density at radius 2 is 1.62 bits per heavy atom. The molecule has 1 amide bonds. The third kappa shape index (κ3) is 4.26. The third-order valence-electron chi connectivity index (χ3n) is 6.08. The zero-order valence-electron chi connectivity index (χ0n) is 20.0. The second-order valence-corrected chi connectivity index (χ2v) is 9.56. The summed E-state index contributed by atoms with van der Waals surface area (Å²) >= 11 is 7.25. The van der Waals surface area contributed by atoms with E-state index in [0.717, 1.165) is 4.70 Å². The van der Waals surface area contributed by atoms with Gasteiger partial charge in [-0.25, -0.2) is 4.98 Å². The number of amides is 1. The summed E-state index contributed by atoms with van der Waals surface area (Å²) in [4.78, 5) is 32.9. The standard InChI is InChI=1S/C27H21ClN2O6S/c1-34-16-9-11-20(36-3)18(12-16)23-22(24(31)14-4-6-15(28)7-5-14)25(32)26(33)30(23)27-29-19-10-8-17(35-2)13-21(19)37-27/h4-13,23,31H,1-3H3/t23-/m1/s1. The number of halogens is 1. The molecule has 3 aromatic carbocycles. The van der Waals surface area contributed by atoms with E-state index in [9.17, 15) is 14.7 Å². The van der Waals surface area contributed by atoms with Crippen molar-refractivity contribution < 1.29 is 28.9 Å². The van der Waals surface area contributed by atoms with Crippen LogP contribution in [0.5, 0.6) is 17.2 Å². The van der Waals surface area contributed by atoms with Crippen LogP contribution >= 0.6 is 22.9 Å². The van der Waals surface area contributed by atoms with Gasteiger partial charge in [-0.1, -0.05) is 22.9 Å². The van der Waals surface area contributed by atoms with Gasteiger partial charge in [0.25, 0.3) is 5.78 Å². The van der Waals surface area contributed by atoms with Gasteiger partial charge in [0.05, 0.1) is 37.1 Å². The Morgan fingerprint density at radius 3 is 2.30 bits per heavy atom. The van der Waals surface area contributed by atoms with E-state index in [-0.39, 0.29) is 16.5 Å². The van der Waals surface area contributed by atoms with Gasteiger partial charge in [0.1, 0.15) is 29.0 Å². The lowest BCUT2D eigenvalue weighted by Gasteiger charge is -2.25. The zero-order chi connectivity index (χ0) is 26.3. The van der Waals surface area contributed by atoms with Crippen LogP contribution in [0.1, 0.15) is 17.2 Å². The minimum Gasteiger partial charge on any atom is -0.507 e. The number of anilines is 1. The summed E-state index contributed by atoms with van der Waals surface area (Å²) in [7, 11) is 4.56. The van der Waals surface area contributed by atoms with Crippen LogP contribution in [0.3, 0.4) is 0 Å². The number of carbonyl (C=O) groups is 2. The maximum Gasteiger partial charge on any atom is 0.301 e. The fourth-order valence-electron chi connectivity index (χ4n) is 4.26. The lowest BCUT2D eigenvalue weighted by atomic mass is 9.94. The van der Waals surface area contributed by atoms with Crippen LogP contribution in [0, 0.1) is 0 Å². The molecular formula is C27H21ClN2O6S. The van der Waals surface area contributed by atoms with Crippen LogP contribution in [-0.2, 0) is 9.59 Å². The highest BCUT2D eigenvalue weighted by atomic mass is 35.5. The SMILES string of the molecule is COc1ccc(OC)c([C@@H]2C(=C(O)c3ccc(Cl)cc3)C(=O)C(=O)N2c2nc3ccc(OC)cc3s2)c1. The largest absolute Gasteiger partial charge is 0.507 e. The normalized spacial score (nSPS) is 16.9. The highest BCUT2D eigenvalue weighted by Gasteiger charge is 2.49. The van der Waals surface area contributed by atoms with Gasteiger partial charge >= 0.3 is 5.91 Å². The molecule has 1 fully saturated rings. The van der Waals surface area contributed by atoms with Crippen LogP contribution in [0.25, 0.3) is 16.0 Å². The molecule has 0 unspecified atom stereocenters. The first-order valence-electron chi connectivity index (χ1n) is 11.1. The number of ether oxygens (including phenoxy) is 3. The number of aliphatic hydroxyl groups is 1. The van der Waals surface area contributed by atoms with E-state index in [2.05, 4.69) is 4.98 Å². The Labute approximate surface area is 221 Å². The number of thiazole rings is 1. The lowest BCUT2D eigenvalue weighted by molar-refractivity contribution is -0.132. The molecule has 1 aromatic heterocycles. The average molecular weight is 537 g/mol. The molecule has 188 valence electrons. The van der Waals surface area contributed by atoms with Crippen LogP contribution < -0.4 is 19.1 Å². The summed E-state index contributed by atoms with van der Waals surface area (Å²) in [6.07, 6.45) is 0. The number of hydrogen-bond acceptors (Lipinski definition) is 8. The Bertz CT molecular complexity index is 1560. The first-order chi connectivity index (χ1) is 17.9. The van der Waals surface area contributed by atoms with Gasteiger partial charge in [-0.2, -0.15) is 0 Å². The lowest BCUT2D eigenvalue weighted by Crippen LogP contribution is -2.29. The van der Waals surface area contributed by atoms with Gasteiger partial charge < -0.3 is 19.3 Å². The molecule has 1 atom stereocenters. The highest BCUT2D eigenvalue weighted by Crippen LogP contribution is 2.47. The molecule has 0 aliphatic carbocycles. The van der Waals surface area contributed by atoms with Gasteiger partial charge in [-0.05, 0) is 60.7 Å². The topological polar surface area (TPSA) is 98.2 Å². The van der Waals surface area contributed by atoms with Crippen molar-refractivity contribution >= 4 is 55.7 Å². The number of Topliss-reactive ketones (excluding diaryl/α,β-unsaturated/α-hetero) is 1. The minimum atomic E-state index is -1.04. The van der Waals surface area contributed by atoms with E-state index in [1.54, 1.807) is 61.7 Å². The van der Waals surface area contributed by atoms with Crippen LogP contribution in [0.15, 0.2) is 66.2 Å². The van der Waals surface area contributed by atoms with Crippen molar-refractivity contribution in [3.05, 3.63) is 82.4 Å². The average Bonchev–Trinajstić information content (AvgIpc) is 3.45. The molecule has 1 aliphatic heterocycles. The number of aliphatic hydroxyl groups excluding tert-OH is 1. The molecule has 37 heavy (non-hydrogen) atoms. The summed E-state index contributed by atoms with van der Waals surface area (Å²) in [5, 5.41) is 12.1. The number of carbonyl (C=O) groups excluding carboxylic acids is 2. The number of benzene rings is 3. The number of methoxy groups -OCH3 is 3. The molecule has 1 N–H and O–H groups in total. The van der Waals surface area contributed by atoms with E-state index in [0.29, 0.717) is 38.9 Å². The molecule has 0 bridgehead atoms. The Balaban J connectivity index is 1.77. The number of nitrogens with zero attached hydrogens (tertiary/aromatic N) is 2. The molecule has 4 aromatic rings. The molecule has 5 rings (SSSR count).